The molecule has 2 heterocycles. The van der Waals surface area contributed by atoms with E-state index < -0.39 is 41.8 Å². The molecule has 2 aliphatic rings. The minimum absolute atomic E-state index is 0.0656. The molecular weight excluding hydrogens is 304 g/mol. The van der Waals surface area contributed by atoms with Gasteiger partial charge >= 0.3 is 0 Å². The third kappa shape index (κ3) is 2.34. The van der Waals surface area contributed by atoms with Gasteiger partial charge in [-0.2, -0.15) is 5.06 Å². The van der Waals surface area contributed by atoms with Gasteiger partial charge in [-0.25, -0.2) is 4.90 Å². The summed E-state index contributed by atoms with van der Waals surface area (Å²) in [7, 11) is 0. The maximum absolute atomic E-state index is 12.4. The van der Waals surface area contributed by atoms with Crippen molar-refractivity contribution in [1.29, 1.82) is 0 Å². The van der Waals surface area contributed by atoms with Crippen LogP contribution >= 0.6 is 0 Å². The largest absolute Gasteiger partial charge is 0.293 e. The number of nitrogens with zero attached hydrogens (tertiary/aromatic N) is 2. The highest BCUT2D eigenvalue weighted by Crippen LogP contribution is 2.25. The van der Waals surface area contributed by atoms with E-state index >= 15 is 0 Å². The minimum atomic E-state index is -1.30. The molecule has 8 nitrogen and oxygen atoms in total. The van der Waals surface area contributed by atoms with Gasteiger partial charge < -0.3 is 0 Å². The Bertz CT molecular complexity index is 779. The summed E-state index contributed by atoms with van der Waals surface area (Å²) in [5, 5.41) is 9.14. The Morgan fingerprint density at radius 1 is 1.09 bits per heavy atom. The van der Waals surface area contributed by atoms with Crippen LogP contribution in [0.25, 0.3) is 0 Å². The molecule has 3 rings (SSSR count). The van der Waals surface area contributed by atoms with E-state index in [2.05, 4.69) is 0 Å². The molecule has 0 bridgehead atoms. The van der Waals surface area contributed by atoms with E-state index in [1.165, 1.54) is 24.3 Å². The number of amides is 4. The summed E-state index contributed by atoms with van der Waals surface area (Å²) in [6, 6.07) is 5.63. The summed E-state index contributed by atoms with van der Waals surface area (Å²) in [5.41, 5.74) is 0.255. The normalized spacial score (nSPS) is 20.8. The van der Waals surface area contributed by atoms with Crippen molar-refractivity contribution in [2.75, 3.05) is 4.90 Å². The van der Waals surface area contributed by atoms with Gasteiger partial charge in [0.15, 0.2) is 5.78 Å². The first-order chi connectivity index (χ1) is 10.9. The van der Waals surface area contributed by atoms with Crippen LogP contribution in [0.1, 0.15) is 16.8 Å². The van der Waals surface area contributed by atoms with E-state index in [1.54, 1.807) is 0 Å². The molecule has 8 heteroatoms. The predicted molar refractivity (Wildman–Crippen MR) is 74.2 cm³/mol. The van der Waals surface area contributed by atoms with Crippen molar-refractivity contribution in [2.24, 2.45) is 5.92 Å². The van der Waals surface area contributed by atoms with E-state index in [0.717, 1.165) is 17.1 Å². The van der Waals surface area contributed by atoms with Gasteiger partial charge in [-0.15, -0.1) is 0 Å². The van der Waals surface area contributed by atoms with Gasteiger partial charge in [0.2, 0.25) is 0 Å². The fourth-order valence-corrected chi connectivity index (χ4v) is 2.48. The maximum Gasteiger partial charge on any atom is 0.264 e. The topological polar surface area (TPSA) is 112 Å². The monoisotopic (exact) mass is 314 g/mol. The molecule has 1 unspecified atom stereocenters. The standard InChI is InChI=1S/C15H10N2O6/c18-11-4-5-12(19)16(11)9-3-1-2-8(6-9)14(21)10-7-13(20)17(23)15(10)22/h1-6,10,23H,7H2. The molecule has 1 fully saturated rings. The number of hydroxylamine groups is 2. The van der Waals surface area contributed by atoms with Crippen LogP contribution in [-0.4, -0.2) is 39.7 Å². The van der Waals surface area contributed by atoms with Gasteiger partial charge in [0.05, 0.1) is 5.69 Å². The summed E-state index contributed by atoms with van der Waals surface area (Å²) in [6.45, 7) is 0. The quantitative estimate of drug-likeness (QED) is 0.365. The Hall–Kier alpha value is -3.13. The lowest BCUT2D eigenvalue weighted by molar-refractivity contribution is -0.171. The first-order valence-electron chi connectivity index (χ1n) is 6.66. The molecule has 1 atom stereocenters. The van der Waals surface area contributed by atoms with Crippen LogP contribution in [0.15, 0.2) is 36.4 Å². The van der Waals surface area contributed by atoms with Crippen molar-refractivity contribution in [3.63, 3.8) is 0 Å². The number of ketones is 1. The fraction of sp³-hybridized carbons (Fsp3) is 0.133. The van der Waals surface area contributed by atoms with Crippen LogP contribution in [0.2, 0.25) is 0 Å². The van der Waals surface area contributed by atoms with E-state index in [-0.39, 0.29) is 16.3 Å². The highest BCUT2D eigenvalue weighted by atomic mass is 16.5. The summed E-state index contributed by atoms with van der Waals surface area (Å²) in [6.07, 6.45) is 1.81. The van der Waals surface area contributed by atoms with Crippen LogP contribution in [-0.2, 0) is 19.2 Å². The second-order valence-electron chi connectivity index (χ2n) is 5.06. The van der Waals surface area contributed by atoms with Crippen LogP contribution < -0.4 is 4.90 Å². The summed E-state index contributed by atoms with van der Waals surface area (Å²) in [5.74, 6) is -4.86. The SMILES string of the molecule is O=C(c1cccc(N2C(=O)C=CC2=O)c1)C1CC(=O)N(O)C1=O. The summed E-state index contributed by atoms with van der Waals surface area (Å²) < 4.78 is 0. The zero-order chi connectivity index (χ0) is 16.7. The fourth-order valence-electron chi connectivity index (χ4n) is 2.48. The zero-order valence-electron chi connectivity index (χ0n) is 11.6. The lowest BCUT2D eigenvalue weighted by Gasteiger charge is -2.15. The molecule has 1 N–H and O–H groups in total. The zero-order valence-corrected chi connectivity index (χ0v) is 11.6. The maximum atomic E-state index is 12.4. The van der Waals surface area contributed by atoms with Crippen LogP contribution in [0.3, 0.4) is 0 Å². The second kappa shape index (κ2) is 5.25. The first kappa shape index (κ1) is 14.8. The molecule has 4 amide bonds. The molecule has 2 aliphatic heterocycles. The van der Waals surface area contributed by atoms with Gasteiger partial charge in [-0.3, -0.25) is 29.2 Å². The number of anilines is 1. The molecule has 0 aliphatic carbocycles. The number of Topliss-reactive ketones (excluding diaryl/α,β-unsaturated/α-hetero) is 1. The third-order valence-electron chi connectivity index (χ3n) is 3.64. The Kier molecular flexibility index (Phi) is 3.38. The van der Waals surface area contributed by atoms with Crippen LogP contribution in [0, 0.1) is 5.92 Å². The Labute approximate surface area is 129 Å². The third-order valence-corrected chi connectivity index (χ3v) is 3.64. The minimum Gasteiger partial charge on any atom is -0.293 e. The molecular formula is C15H10N2O6. The van der Waals surface area contributed by atoms with E-state index in [0.29, 0.717) is 0 Å². The Morgan fingerprint density at radius 3 is 2.30 bits per heavy atom. The van der Waals surface area contributed by atoms with Gasteiger partial charge in [-0.05, 0) is 12.1 Å². The Morgan fingerprint density at radius 2 is 1.74 bits per heavy atom. The summed E-state index contributed by atoms with van der Waals surface area (Å²) >= 11 is 0. The molecule has 1 aromatic carbocycles. The number of imide groups is 2. The van der Waals surface area contributed by atoms with Crippen LogP contribution in [0.5, 0.6) is 0 Å². The lowest BCUT2D eigenvalue weighted by atomic mass is 9.96. The van der Waals surface area contributed by atoms with Crippen molar-refractivity contribution in [2.45, 2.75) is 6.42 Å². The smallest absolute Gasteiger partial charge is 0.264 e. The number of hydrogen-bond acceptors (Lipinski definition) is 6. The average Bonchev–Trinajstić information content (AvgIpc) is 3.00. The Balaban J connectivity index is 1.90. The first-order valence-corrected chi connectivity index (χ1v) is 6.66. The molecule has 1 aromatic rings. The van der Waals surface area contributed by atoms with Gasteiger partial charge in [0, 0.05) is 24.1 Å². The van der Waals surface area contributed by atoms with E-state index in [4.69, 9.17) is 0 Å². The van der Waals surface area contributed by atoms with E-state index in [9.17, 15) is 29.2 Å². The number of rotatable bonds is 3. The number of hydrogen-bond donors (Lipinski definition) is 1. The van der Waals surface area contributed by atoms with Crippen molar-refractivity contribution in [1.82, 2.24) is 5.06 Å². The van der Waals surface area contributed by atoms with Crippen molar-refractivity contribution < 1.29 is 29.2 Å². The van der Waals surface area contributed by atoms with Gasteiger partial charge in [0.25, 0.3) is 23.6 Å². The van der Waals surface area contributed by atoms with Crippen LogP contribution in [0.4, 0.5) is 5.69 Å². The lowest BCUT2D eigenvalue weighted by Crippen LogP contribution is -2.30. The van der Waals surface area contributed by atoms with Crippen molar-refractivity contribution in [3.8, 4) is 0 Å². The molecule has 0 spiro atoms. The molecule has 23 heavy (non-hydrogen) atoms. The highest BCUT2D eigenvalue weighted by Gasteiger charge is 2.43. The second-order valence-corrected chi connectivity index (χ2v) is 5.06. The summed E-state index contributed by atoms with van der Waals surface area (Å²) in [4.78, 5) is 59.5. The number of carbonyl (C=O) groups excluding carboxylic acids is 5. The average molecular weight is 314 g/mol. The van der Waals surface area contributed by atoms with Gasteiger partial charge in [0.1, 0.15) is 5.92 Å². The molecule has 0 aromatic heterocycles. The van der Waals surface area contributed by atoms with Crippen molar-refractivity contribution >= 4 is 35.1 Å². The van der Waals surface area contributed by atoms with Crippen molar-refractivity contribution in [3.05, 3.63) is 42.0 Å². The molecule has 116 valence electrons. The van der Waals surface area contributed by atoms with E-state index in [1.807, 2.05) is 0 Å². The number of benzene rings is 1. The number of carbonyl (C=O) groups is 5. The molecule has 0 radical (unpaired) electrons. The van der Waals surface area contributed by atoms with Gasteiger partial charge in [-0.1, -0.05) is 12.1 Å². The predicted octanol–water partition coefficient (Wildman–Crippen LogP) is 0.0630. The molecule has 1 saturated heterocycles. The molecule has 0 saturated carbocycles. The highest BCUT2D eigenvalue weighted by molar-refractivity contribution is 6.28.